The van der Waals surface area contributed by atoms with Crippen LogP contribution in [0.25, 0.3) is 0 Å². The van der Waals surface area contributed by atoms with E-state index in [9.17, 15) is 10.2 Å². The normalized spacial score (nSPS) is 11.0. The SMILES string of the molecule is OC(c1ccccc1)(c1ccccc1)c1ccc(C#CC#Cc2ccc(C(O)(c3ccccc3)c3ccccc3)cc2)cc1. The quantitative estimate of drug-likeness (QED) is 0.161. The molecule has 0 spiro atoms. The highest BCUT2D eigenvalue weighted by Gasteiger charge is 2.34. The van der Waals surface area contributed by atoms with E-state index in [0.29, 0.717) is 0 Å². The molecule has 2 heteroatoms. The van der Waals surface area contributed by atoms with Gasteiger partial charge in [-0.2, -0.15) is 0 Å². The number of rotatable bonds is 6. The number of aliphatic hydroxyl groups is 2. The van der Waals surface area contributed by atoms with Crippen molar-refractivity contribution in [1.29, 1.82) is 0 Å². The molecule has 0 bridgehead atoms. The summed E-state index contributed by atoms with van der Waals surface area (Å²) in [4.78, 5) is 0. The maximum absolute atomic E-state index is 12.0. The minimum Gasteiger partial charge on any atom is -0.376 e. The Bertz CT molecular complexity index is 1710. The summed E-state index contributed by atoms with van der Waals surface area (Å²) in [6, 6.07) is 54.0. The summed E-state index contributed by atoms with van der Waals surface area (Å²) in [7, 11) is 0. The monoisotopic (exact) mass is 566 g/mol. The van der Waals surface area contributed by atoms with Crippen molar-refractivity contribution in [2.45, 2.75) is 11.2 Å². The molecule has 0 saturated carbocycles. The molecule has 2 nitrogen and oxygen atoms in total. The molecular formula is C42H30O2. The van der Waals surface area contributed by atoms with Crippen molar-refractivity contribution in [3.8, 4) is 23.7 Å². The molecule has 44 heavy (non-hydrogen) atoms. The van der Waals surface area contributed by atoms with E-state index < -0.39 is 11.2 Å². The zero-order valence-corrected chi connectivity index (χ0v) is 24.1. The Kier molecular flexibility index (Phi) is 8.22. The second-order valence-corrected chi connectivity index (χ2v) is 10.5. The minimum absolute atomic E-state index is 0.762. The zero-order chi connectivity index (χ0) is 30.2. The Morgan fingerprint density at radius 1 is 0.295 bits per heavy atom. The van der Waals surface area contributed by atoms with Crippen LogP contribution in [0.4, 0.5) is 0 Å². The highest BCUT2D eigenvalue weighted by molar-refractivity contribution is 5.52. The predicted octanol–water partition coefficient (Wildman–Crippen LogP) is 7.66. The molecule has 0 aliphatic heterocycles. The zero-order valence-electron chi connectivity index (χ0n) is 24.1. The van der Waals surface area contributed by atoms with E-state index >= 15 is 0 Å². The van der Waals surface area contributed by atoms with Crippen LogP contribution in [0.15, 0.2) is 170 Å². The van der Waals surface area contributed by atoms with Gasteiger partial charge in [0.1, 0.15) is 11.2 Å². The van der Waals surface area contributed by atoms with Gasteiger partial charge >= 0.3 is 0 Å². The number of hydrogen-bond acceptors (Lipinski definition) is 2. The molecule has 2 N–H and O–H groups in total. The molecule has 0 amide bonds. The average Bonchev–Trinajstić information content (AvgIpc) is 3.11. The topological polar surface area (TPSA) is 40.5 Å². The van der Waals surface area contributed by atoms with Crippen LogP contribution < -0.4 is 0 Å². The predicted molar refractivity (Wildman–Crippen MR) is 177 cm³/mol. The molecule has 0 heterocycles. The summed E-state index contributed by atoms with van der Waals surface area (Å²) in [6.45, 7) is 0. The van der Waals surface area contributed by atoms with Crippen molar-refractivity contribution >= 4 is 0 Å². The standard InChI is InChI=1S/C42H30O2/c43-41(35-17-5-1-6-18-35,36-19-7-2-8-20-36)39-29-25-33(26-30-39)15-13-14-16-34-27-31-40(32-28-34)42(44,37-21-9-3-10-22-37)38-23-11-4-12-24-38/h1-12,17-32,43-44H. The lowest BCUT2D eigenvalue weighted by Crippen LogP contribution is -2.28. The minimum atomic E-state index is -1.28. The van der Waals surface area contributed by atoms with E-state index in [0.717, 1.165) is 44.5 Å². The first-order valence-corrected chi connectivity index (χ1v) is 14.5. The van der Waals surface area contributed by atoms with Crippen LogP contribution in [-0.2, 0) is 11.2 Å². The molecule has 0 aromatic heterocycles. The Labute approximate surface area is 258 Å². The molecule has 0 aliphatic rings. The van der Waals surface area contributed by atoms with Crippen molar-refractivity contribution in [3.63, 3.8) is 0 Å². The van der Waals surface area contributed by atoms with Crippen LogP contribution >= 0.6 is 0 Å². The van der Waals surface area contributed by atoms with E-state index in [1.807, 2.05) is 170 Å². The van der Waals surface area contributed by atoms with E-state index in [1.54, 1.807) is 0 Å². The van der Waals surface area contributed by atoms with Crippen molar-refractivity contribution in [1.82, 2.24) is 0 Å². The average molecular weight is 567 g/mol. The Morgan fingerprint density at radius 2 is 0.523 bits per heavy atom. The summed E-state index contributed by atoms with van der Waals surface area (Å²) in [6.07, 6.45) is 0. The highest BCUT2D eigenvalue weighted by atomic mass is 16.3. The van der Waals surface area contributed by atoms with Crippen molar-refractivity contribution < 1.29 is 10.2 Å². The summed E-state index contributed by atoms with van der Waals surface area (Å²) in [5, 5.41) is 24.0. The second-order valence-electron chi connectivity index (χ2n) is 10.5. The molecule has 6 rings (SSSR count). The third kappa shape index (κ3) is 5.69. The molecule has 0 unspecified atom stereocenters. The van der Waals surface area contributed by atoms with Crippen molar-refractivity contribution in [3.05, 3.63) is 214 Å². The second kappa shape index (κ2) is 12.7. The summed E-state index contributed by atoms with van der Waals surface area (Å²) in [5.41, 5.74) is 3.76. The molecule has 210 valence electrons. The third-order valence-corrected chi connectivity index (χ3v) is 7.85. The third-order valence-electron chi connectivity index (χ3n) is 7.85. The van der Waals surface area contributed by atoms with Gasteiger partial charge in [-0.15, -0.1) is 0 Å². The van der Waals surface area contributed by atoms with Gasteiger partial charge in [0.25, 0.3) is 0 Å². The maximum atomic E-state index is 12.0. The van der Waals surface area contributed by atoms with E-state index in [-0.39, 0.29) is 0 Å². The van der Waals surface area contributed by atoms with Crippen molar-refractivity contribution in [2.75, 3.05) is 0 Å². The van der Waals surface area contributed by atoms with Gasteiger partial charge in [0.05, 0.1) is 0 Å². The van der Waals surface area contributed by atoms with Crippen LogP contribution in [0.2, 0.25) is 0 Å². The first-order valence-electron chi connectivity index (χ1n) is 14.5. The van der Waals surface area contributed by atoms with Crippen molar-refractivity contribution in [2.24, 2.45) is 0 Å². The lowest BCUT2D eigenvalue weighted by atomic mass is 9.80. The van der Waals surface area contributed by atoms with Crippen LogP contribution in [0.3, 0.4) is 0 Å². The van der Waals surface area contributed by atoms with Gasteiger partial charge < -0.3 is 10.2 Å². The van der Waals surface area contributed by atoms with Crippen LogP contribution in [0.1, 0.15) is 44.5 Å². The van der Waals surface area contributed by atoms with Gasteiger partial charge in [0.2, 0.25) is 0 Å². The van der Waals surface area contributed by atoms with Gasteiger partial charge in [-0.3, -0.25) is 0 Å². The Hall–Kier alpha value is -5.64. The molecule has 0 fully saturated rings. The fourth-order valence-electron chi connectivity index (χ4n) is 5.51. The highest BCUT2D eigenvalue weighted by Crippen LogP contribution is 2.37. The molecule has 0 radical (unpaired) electrons. The first kappa shape index (κ1) is 28.5. The van der Waals surface area contributed by atoms with E-state index in [4.69, 9.17) is 0 Å². The van der Waals surface area contributed by atoms with Gasteiger partial charge in [0, 0.05) is 11.1 Å². The maximum Gasteiger partial charge on any atom is 0.140 e. The van der Waals surface area contributed by atoms with Gasteiger partial charge in [-0.05, 0) is 69.5 Å². The lowest BCUT2D eigenvalue weighted by Gasteiger charge is -2.30. The van der Waals surface area contributed by atoms with Gasteiger partial charge in [0.15, 0.2) is 0 Å². The van der Waals surface area contributed by atoms with Crippen LogP contribution in [0, 0.1) is 23.7 Å². The molecule has 0 aliphatic carbocycles. The van der Waals surface area contributed by atoms with Crippen LogP contribution in [-0.4, -0.2) is 10.2 Å². The fraction of sp³-hybridized carbons (Fsp3) is 0.0476. The Morgan fingerprint density at radius 3 is 0.773 bits per heavy atom. The molecule has 0 saturated heterocycles. The smallest absolute Gasteiger partial charge is 0.140 e. The first-order chi connectivity index (χ1) is 21.6. The van der Waals surface area contributed by atoms with Crippen LogP contribution in [0.5, 0.6) is 0 Å². The summed E-state index contributed by atoms with van der Waals surface area (Å²) in [5.74, 6) is 12.1. The lowest BCUT2D eigenvalue weighted by molar-refractivity contribution is 0.125. The summed E-state index contributed by atoms with van der Waals surface area (Å²) >= 11 is 0. The molecule has 0 atom stereocenters. The fourth-order valence-corrected chi connectivity index (χ4v) is 5.51. The number of hydrogen-bond donors (Lipinski definition) is 2. The molecule has 6 aromatic carbocycles. The number of benzene rings is 6. The Balaban J connectivity index is 1.22. The van der Waals surface area contributed by atoms with E-state index in [1.165, 1.54) is 0 Å². The largest absolute Gasteiger partial charge is 0.376 e. The molecule has 6 aromatic rings. The van der Waals surface area contributed by atoms with Gasteiger partial charge in [-0.1, -0.05) is 157 Å². The molecular weight excluding hydrogens is 536 g/mol. The van der Waals surface area contributed by atoms with E-state index in [2.05, 4.69) is 23.7 Å². The summed E-state index contributed by atoms with van der Waals surface area (Å²) < 4.78 is 0. The van der Waals surface area contributed by atoms with Gasteiger partial charge in [-0.25, -0.2) is 0 Å².